The summed E-state index contributed by atoms with van der Waals surface area (Å²) in [4.78, 5) is 5.58. The quantitative estimate of drug-likeness (QED) is 0.357. The summed E-state index contributed by atoms with van der Waals surface area (Å²) in [7, 11) is 3.70. The minimum atomic E-state index is -0.292. The lowest BCUT2D eigenvalue weighted by Crippen LogP contribution is -2.37. The molecule has 1 saturated carbocycles. The Kier molecular flexibility index (Phi) is 7.04. The van der Waals surface area contributed by atoms with E-state index in [0.717, 1.165) is 59.7 Å². The number of ether oxygens (including phenoxy) is 2. The molecule has 2 aliphatic rings. The molecule has 1 fully saturated rings. The third-order valence-electron chi connectivity index (χ3n) is 6.63. The van der Waals surface area contributed by atoms with Crippen molar-refractivity contribution in [3.8, 4) is 11.8 Å². The largest absolute Gasteiger partial charge is 0.497 e. The van der Waals surface area contributed by atoms with E-state index in [1.165, 1.54) is 6.42 Å². The van der Waals surface area contributed by atoms with Gasteiger partial charge in [-0.25, -0.2) is 10.1 Å². The molecule has 0 radical (unpaired) electrons. The zero-order chi connectivity index (χ0) is 24.0. The number of rotatable bonds is 5. The lowest BCUT2D eigenvalue weighted by Gasteiger charge is -2.41. The third-order valence-corrected chi connectivity index (χ3v) is 6.63. The second-order valence-electron chi connectivity index (χ2n) is 8.85. The molecule has 2 aromatic carbocycles. The van der Waals surface area contributed by atoms with Crippen LogP contribution in [0.5, 0.6) is 5.75 Å². The van der Waals surface area contributed by atoms with Crippen LogP contribution in [-0.2, 0) is 4.74 Å². The number of nitriles is 1. The van der Waals surface area contributed by atoms with Crippen molar-refractivity contribution in [2.75, 3.05) is 19.1 Å². The molecule has 34 heavy (non-hydrogen) atoms. The highest BCUT2D eigenvalue weighted by atomic mass is 16.5. The first-order chi connectivity index (χ1) is 16.6. The van der Waals surface area contributed by atoms with Crippen LogP contribution in [0.15, 0.2) is 77.7 Å². The van der Waals surface area contributed by atoms with E-state index in [2.05, 4.69) is 40.1 Å². The number of methoxy groups -OCH3 is 1. The number of benzene rings is 2. The second-order valence-corrected chi connectivity index (χ2v) is 8.85. The smallest absolute Gasteiger partial charge is 0.265 e. The first kappa shape index (κ1) is 23.2. The monoisotopic (exact) mass is 451 g/mol. The van der Waals surface area contributed by atoms with Crippen molar-refractivity contribution in [2.45, 2.75) is 44.1 Å². The molecule has 0 aromatic heterocycles. The third kappa shape index (κ3) is 5.16. The van der Waals surface area contributed by atoms with Gasteiger partial charge in [-0.15, -0.1) is 0 Å². The molecule has 5 nitrogen and oxygen atoms in total. The molecular formula is C29H29N3O2. The lowest BCUT2D eigenvalue weighted by molar-refractivity contribution is -0.0285. The summed E-state index contributed by atoms with van der Waals surface area (Å²) in [5.41, 5.74) is 3.88. The maximum atomic E-state index is 9.42. The van der Waals surface area contributed by atoms with Crippen LogP contribution in [0.4, 0.5) is 11.4 Å². The number of hydrogen-bond acceptors (Lipinski definition) is 4. The molecule has 0 N–H and O–H groups in total. The minimum Gasteiger partial charge on any atom is -0.497 e. The molecule has 4 rings (SSSR count). The topological polar surface area (TPSA) is 49.9 Å². The van der Waals surface area contributed by atoms with Crippen LogP contribution in [0.2, 0.25) is 0 Å². The van der Waals surface area contributed by atoms with E-state index in [1.54, 1.807) is 7.11 Å². The Morgan fingerprint density at radius 2 is 1.71 bits per heavy atom. The van der Waals surface area contributed by atoms with Crippen molar-refractivity contribution in [3.05, 3.63) is 94.7 Å². The fourth-order valence-corrected chi connectivity index (χ4v) is 4.71. The molecular weight excluding hydrogens is 422 g/mol. The predicted octanol–water partition coefficient (Wildman–Crippen LogP) is 7.18. The van der Waals surface area contributed by atoms with Crippen LogP contribution in [0.1, 0.15) is 44.1 Å². The summed E-state index contributed by atoms with van der Waals surface area (Å²) >= 11 is 0. The van der Waals surface area contributed by atoms with Gasteiger partial charge in [0.05, 0.1) is 19.8 Å². The van der Waals surface area contributed by atoms with Crippen molar-refractivity contribution in [2.24, 2.45) is 0 Å². The van der Waals surface area contributed by atoms with Gasteiger partial charge in [0.15, 0.2) is 0 Å². The van der Waals surface area contributed by atoms with Crippen LogP contribution in [0.3, 0.4) is 0 Å². The van der Waals surface area contributed by atoms with E-state index < -0.39 is 0 Å². The van der Waals surface area contributed by atoms with Crippen molar-refractivity contribution in [1.29, 1.82) is 5.26 Å². The van der Waals surface area contributed by atoms with Gasteiger partial charge >= 0.3 is 0 Å². The van der Waals surface area contributed by atoms with Crippen LogP contribution >= 0.6 is 0 Å². The van der Waals surface area contributed by atoms with Crippen molar-refractivity contribution in [3.63, 3.8) is 0 Å². The minimum absolute atomic E-state index is 0.171. The molecule has 1 aliphatic heterocycles. The molecule has 1 spiro atoms. The van der Waals surface area contributed by atoms with Gasteiger partial charge in [0.25, 0.3) is 5.70 Å². The zero-order valence-corrected chi connectivity index (χ0v) is 19.8. The first-order valence-electron chi connectivity index (χ1n) is 11.6. The highest BCUT2D eigenvalue weighted by molar-refractivity contribution is 5.65. The van der Waals surface area contributed by atoms with Crippen molar-refractivity contribution in [1.82, 2.24) is 0 Å². The van der Waals surface area contributed by atoms with E-state index >= 15 is 0 Å². The standard InChI is InChI=1S/C29H29N3O2/c1-31-28(21-30)23-19-27(34-29(20-23)17-5-4-6-18-29)14-9-22-7-10-24(11-8-22)32(2)25-12-15-26(33-3)16-13-25/h7-16,19H,4-6,17-18,20H2,2-3H3. The van der Waals surface area contributed by atoms with E-state index in [4.69, 9.17) is 16.0 Å². The number of nitrogens with zero attached hydrogens (tertiary/aromatic N) is 3. The van der Waals surface area contributed by atoms with E-state index in [-0.39, 0.29) is 11.3 Å². The van der Waals surface area contributed by atoms with Gasteiger partial charge in [-0.3, -0.25) is 0 Å². The fraction of sp³-hybridized carbons (Fsp3) is 0.310. The van der Waals surface area contributed by atoms with Gasteiger partial charge in [-0.2, -0.15) is 0 Å². The Balaban J connectivity index is 1.53. The molecule has 0 unspecified atom stereocenters. The Labute approximate surface area is 202 Å². The maximum Gasteiger partial charge on any atom is 0.265 e. The molecule has 0 atom stereocenters. The van der Waals surface area contributed by atoms with Crippen molar-refractivity contribution >= 4 is 17.5 Å². The molecule has 2 aromatic rings. The summed E-state index contributed by atoms with van der Waals surface area (Å²) in [5, 5.41) is 9.42. The molecule has 172 valence electrons. The fourth-order valence-electron chi connectivity index (χ4n) is 4.71. The predicted molar refractivity (Wildman–Crippen MR) is 135 cm³/mol. The van der Waals surface area contributed by atoms with Crippen LogP contribution in [0, 0.1) is 17.9 Å². The van der Waals surface area contributed by atoms with Gasteiger partial charge in [-0.1, -0.05) is 24.6 Å². The average molecular weight is 452 g/mol. The van der Waals surface area contributed by atoms with E-state index in [0.29, 0.717) is 6.42 Å². The maximum absolute atomic E-state index is 9.42. The zero-order valence-electron chi connectivity index (χ0n) is 19.8. The SMILES string of the molecule is [C-]#[N+]C(C#N)=C1C=C(C=Cc2ccc(N(C)c3ccc(OC)cc3)cc2)OC2(CCCCC2)C1. The van der Waals surface area contributed by atoms with Crippen molar-refractivity contribution < 1.29 is 9.47 Å². The van der Waals surface area contributed by atoms with Gasteiger partial charge < -0.3 is 14.4 Å². The number of allylic oxidation sites excluding steroid dienone is 3. The second kappa shape index (κ2) is 10.3. The first-order valence-corrected chi connectivity index (χ1v) is 11.6. The molecule has 5 heteroatoms. The summed E-state index contributed by atoms with van der Waals surface area (Å²) in [6.45, 7) is 7.38. The molecule has 0 amide bonds. The van der Waals surface area contributed by atoms with E-state index in [9.17, 15) is 5.26 Å². The van der Waals surface area contributed by atoms with Crippen LogP contribution < -0.4 is 9.64 Å². The lowest BCUT2D eigenvalue weighted by atomic mass is 9.78. The summed E-state index contributed by atoms with van der Waals surface area (Å²) in [6, 6.07) is 18.3. The Bertz CT molecular complexity index is 1170. The highest BCUT2D eigenvalue weighted by Crippen LogP contribution is 2.43. The highest BCUT2D eigenvalue weighted by Gasteiger charge is 2.38. The Hall–Kier alpha value is -3.96. The van der Waals surface area contributed by atoms with Gasteiger partial charge in [0.1, 0.15) is 17.1 Å². The van der Waals surface area contributed by atoms with Gasteiger partial charge in [-0.05, 0) is 85.4 Å². The molecule has 1 aliphatic carbocycles. The summed E-state index contributed by atoms with van der Waals surface area (Å²) in [5.74, 6) is 1.56. The number of hydrogen-bond donors (Lipinski definition) is 0. The Morgan fingerprint density at radius 1 is 1.06 bits per heavy atom. The molecule has 0 saturated heterocycles. The number of anilines is 2. The van der Waals surface area contributed by atoms with Crippen LogP contribution in [-0.4, -0.2) is 19.8 Å². The van der Waals surface area contributed by atoms with Gasteiger partial charge in [0.2, 0.25) is 0 Å². The average Bonchev–Trinajstić information content (AvgIpc) is 2.88. The van der Waals surface area contributed by atoms with Gasteiger partial charge in [0, 0.05) is 24.8 Å². The normalized spacial score (nSPS) is 18.4. The van der Waals surface area contributed by atoms with Crippen LogP contribution in [0.25, 0.3) is 10.9 Å². The summed E-state index contributed by atoms with van der Waals surface area (Å²) in [6.07, 6.45) is 11.9. The molecule has 0 bridgehead atoms. The summed E-state index contributed by atoms with van der Waals surface area (Å²) < 4.78 is 11.7. The molecule has 1 heterocycles. The van der Waals surface area contributed by atoms with E-state index in [1.807, 2.05) is 49.5 Å². The Morgan fingerprint density at radius 3 is 2.29 bits per heavy atom.